The van der Waals surface area contributed by atoms with Gasteiger partial charge in [0.15, 0.2) is 5.76 Å². The maximum Gasteiger partial charge on any atom is 0.280 e. The third-order valence-electron chi connectivity index (χ3n) is 1.63. The van der Waals surface area contributed by atoms with E-state index in [1.54, 1.807) is 0 Å². The normalized spacial score (nSPS) is 13.7. The van der Waals surface area contributed by atoms with E-state index in [-0.39, 0.29) is 11.6 Å². The fraction of sp³-hybridized carbons (Fsp3) is 0.625. The van der Waals surface area contributed by atoms with Crippen LogP contribution in [0.4, 0.5) is 0 Å². The zero-order chi connectivity index (χ0) is 9.14. The van der Waals surface area contributed by atoms with Crippen molar-refractivity contribution >= 4 is 0 Å². The minimum absolute atomic E-state index is 0.177. The zero-order valence-electron chi connectivity index (χ0n) is 7.33. The Balaban J connectivity index is 2.65. The highest BCUT2D eigenvalue weighted by Gasteiger charge is 2.12. The minimum atomic E-state index is -0.232. The first kappa shape index (κ1) is 9.06. The molecule has 0 saturated carbocycles. The molecule has 1 aromatic heterocycles. The van der Waals surface area contributed by atoms with E-state index in [1.807, 2.05) is 0 Å². The lowest BCUT2D eigenvalue weighted by molar-refractivity contribution is 0.339. The van der Waals surface area contributed by atoms with Gasteiger partial charge in [0.25, 0.3) is 5.56 Å². The first-order chi connectivity index (χ1) is 5.59. The Morgan fingerprint density at radius 2 is 2.33 bits per heavy atom. The number of nitrogens with two attached hydrogens (primary N) is 1. The quantitative estimate of drug-likeness (QED) is 0.711. The van der Waals surface area contributed by atoms with Crippen molar-refractivity contribution in [2.45, 2.75) is 26.3 Å². The van der Waals surface area contributed by atoms with E-state index in [0.29, 0.717) is 11.7 Å². The van der Waals surface area contributed by atoms with Crippen LogP contribution in [0.2, 0.25) is 0 Å². The molecule has 0 amide bonds. The van der Waals surface area contributed by atoms with Crippen molar-refractivity contribution in [3.8, 4) is 0 Å². The number of rotatable bonds is 3. The van der Waals surface area contributed by atoms with Crippen LogP contribution in [-0.4, -0.2) is 5.16 Å². The molecule has 1 atom stereocenters. The highest BCUT2D eigenvalue weighted by Crippen LogP contribution is 2.16. The molecular weight excluding hydrogens is 156 g/mol. The molecule has 0 spiro atoms. The number of aromatic amines is 1. The Morgan fingerprint density at radius 3 is 2.75 bits per heavy atom. The van der Waals surface area contributed by atoms with E-state index in [1.165, 1.54) is 6.07 Å². The van der Waals surface area contributed by atoms with Gasteiger partial charge in [0.05, 0.1) is 6.04 Å². The molecule has 12 heavy (non-hydrogen) atoms. The highest BCUT2D eigenvalue weighted by atomic mass is 16.5. The minimum Gasteiger partial charge on any atom is -0.382 e. The van der Waals surface area contributed by atoms with E-state index in [4.69, 9.17) is 10.3 Å². The monoisotopic (exact) mass is 170 g/mol. The molecule has 0 radical (unpaired) electrons. The summed E-state index contributed by atoms with van der Waals surface area (Å²) in [5.74, 6) is 1.04. The van der Waals surface area contributed by atoms with Gasteiger partial charge in [-0.2, -0.15) is 5.16 Å². The van der Waals surface area contributed by atoms with Crippen LogP contribution >= 0.6 is 0 Å². The van der Waals surface area contributed by atoms with Crippen LogP contribution in [0.15, 0.2) is 15.4 Å². The van der Waals surface area contributed by atoms with Crippen molar-refractivity contribution < 1.29 is 4.52 Å². The molecule has 0 aliphatic carbocycles. The lowest BCUT2D eigenvalue weighted by atomic mass is 10.0. The molecule has 68 valence electrons. The van der Waals surface area contributed by atoms with Crippen molar-refractivity contribution in [3.05, 3.63) is 22.2 Å². The van der Waals surface area contributed by atoms with Crippen LogP contribution in [0.5, 0.6) is 0 Å². The van der Waals surface area contributed by atoms with Crippen molar-refractivity contribution in [2.75, 3.05) is 0 Å². The van der Waals surface area contributed by atoms with Gasteiger partial charge < -0.3 is 10.3 Å². The molecule has 1 rings (SSSR count). The van der Waals surface area contributed by atoms with E-state index >= 15 is 0 Å². The van der Waals surface area contributed by atoms with Gasteiger partial charge >= 0.3 is 0 Å². The van der Waals surface area contributed by atoms with Crippen molar-refractivity contribution in [2.24, 2.45) is 11.7 Å². The van der Waals surface area contributed by atoms with Gasteiger partial charge in [-0.15, -0.1) is 0 Å². The summed E-state index contributed by atoms with van der Waals surface area (Å²) in [4.78, 5) is 10.7. The van der Waals surface area contributed by atoms with Gasteiger partial charge in [-0.3, -0.25) is 4.79 Å². The summed E-state index contributed by atoms with van der Waals surface area (Å²) in [6.07, 6.45) is 0.820. The SMILES string of the molecule is CC(C)C[C@H](N)c1cc(=O)[nH]o1. The third-order valence-corrected chi connectivity index (χ3v) is 1.63. The Hall–Kier alpha value is -1.03. The second-order valence-electron chi connectivity index (χ2n) is 3.35. The molecule has 4 heteroatoms. The van der Waals surface area contributed by atoms with Gasteiger partial charge in [0.1, 0.15) is 0 Å². The Morgan fingerprint density at radius 1 is 1.67 bits per heavy atom. The molecule has 0 aliphatic rings. The van der Waals surface area contributed by atoms with Gasteiger partial charge in [-0.25, -0.2) is 0 Å². The van der Waals surface area contributed by atoms with Crippen molar-refractivity contribution in [1.29, 1.82) is 0 Å². The second kappa shape index (κ2) is 3.58. The maximum atomic E-state index is 10.7. The number of hydrogen-bond donors (Lipinski definition) is 2. The number of H-pyrrole nitrogens is 1. The Kier molecular flexibility index (Phi) is 2.70. The van der Waals surface area contributed by atoms with E-state index in [9.17, 15) is 4.79 Å². The summed E-state index contributed by atoms with van der Waals surface area (Å²) in [5, 5.41) is 2.21. The summed E-state index contributed by atoms with van der Waals surface area (Å²) in [7, 11) is 0. The van der Waals surface area contributed by atoms with Gasteiger partial charge in [-0.1, -0.05) is 13.8 Å². The van der Waals surface area contributed by atoms with E-state index < -0.39 is 0 Å². The number of hydrogen-bond acceptors (Lipinski definition) is 3. The molecule has 0 unspecified atom stereocenters. The summed E-state index contributed by atoms with van der Waals surface area (Å²) in [6.45, 7) is 4.15. The van der Waals surface area contributed by atoms with Crippen LogP contribution in [0.3, 0.4) is 0 Å². The predicted octanol–water partition coefficient (Wildman–Crippen LogP) is 1.01. The summed E-state index contributed by atoms with van der Waals surface area (Å²) in [5.41, 5.74) is 5.52. The van der Waals surface area contributed by atoms with Crippen LogP contribution in [0, 0.1) is 5.92 Å². The maximum absolute atomic E-state index is 10.7. The average Bonchev–Trinajstić information content (AvgIpc) is 2.34. The predicted molar refractivity (Wildman–Crippen MR) is 45.7 cm³/mol. The summed E-state index contributed by atoms with van der Waals surface area (Å²) in [6, 6.07) is 1.22. The molecule has 0 aliphatic heterocycles. The molecule has 0 fully saturated rings. The molecule has 4 nitrogen and oxygen atoms in total. The van der Waals surface area contributed by atoms with Gasteiger partial charge in [-0.05, 0) is 12.3 Å². The van der Waals surface area contributed by atoms with Crippen molar-refractivity contribution in [1.82, 2.24) is 5.16 Å². The van der Waals surface area contributed by atoms with Crippen LogP contribution in [-0.2, 0) is 0 Å². The average molecular weight is 170 g/mol. The number of nitrogens with one attached hydrogen (secondary N) is 1. The molecule has 0 aromatic carbocycles. The van der Waals surface area contributed by atoms with E-state index in [0.717, 1.165) is 6.42 Å². The standard InChI is InChI=1S/C8H14N2O2/c1-5(2)3-6(9)7-4-8(11)10-12-7/h4-6H,3,9H2,1-2H3,(H,10,11)/t6-/m0/s1. The molecule has 1 heterocycles. The fourth-order valence-corrected chi connectivity index (χ4v) is 1.10. The third kappa shape index (κ3) is 2.23. The summed E-state index contributed by atoms with van der Waals surface area (Å²) >= 11 is 0. The second-order valence-corrected chi connectivity index (χ2v) is 3.35. The fourth-order valence-electron chi connectivity index (χ4n) is 1.10. The van der Waals surface area contributed by atoms with Gasteiger partial charge in [0, 0.05) is 6.07 Å². The van der Waals surface area contributed by atoms with Gasteiger partial charge in [0.2, 0.25) is 0 Å². The molecule has 3 N–H and O–H groups in total. The zero-order valence-corrected chi connectivity index (χ0v) is 7.33. The molecule has 0 saturated heterocycles. The Labute approximate surface area is 70.7 Å². The Bertz CT molecular complexity index is 287. The molecule has 1 aromatic rings. The lowest BCUT2D eigenvalue weighted by Crippen LogP contribution is -2.12. The first-order valence-corrected chi connectivity index (χ1v) is 4.03. The highest BCUT2D eigenvalue weighted by molar-refractivity contribution is 4.99. The first-order valence-electron chi connectivity index (χ1n) is 4.03. The lowest BCUT2D eigenvalue weighted by Gasteiger charge is -2.09. The topological polar surface area (TPSA) is 72.0 Å². The van der Waals surface area contributed by atoms with Crippen LogP contribution in [0.1, 0.15) is 32.1 Å². The van der Waals surface area contributed by atoms with Crippen molar-refractivity contribution in [3.63, 3.8) is 0 Å². The van der Waals surface area contributed by atoms with Crippen LogP contribution < -0.4 is 11.3 Å². The van der Waals surface area contributed by atoms with Crippen LogP contribution in [0.25, 0.3) is 0 Å². The summed E-state index contributed by atoms with van der Waals surface area (Å²) < 4.78 is 4.86. The molecule has 0 bridgehead atoms. The number of aromatic nitrogens is 1. The largest absolute Gasteiger partial charge is 0.382 e. The smallest absolute Gasteiger partial charge is 0.280 e. The van der Waals surface area contributed by atoms with E-state index in [2.05, 4.69) is 19.0 Å². The molecular formula is C8H14N2O2.